The molecule has 2 heterocycles. The Bertz CT molecular complexity index is 3890. The Balaban J connectivity index is 0.000000370. The number of ether oxygens (including phenoxy) is 1. The normalized spacial score (nSPS) is 11.1. The summed E-state index contributed by atoms with van der Waals surface area (Å²) in [7, 11) is -5.33. The lowest BCUT2D eigenvalue weighted by atomic mass is 10.1. The highest BCUT2D eigenvalue weighted by atomic mass is 127. The monoisotopic (exact) mass is 1720 g/mol. The summed E-state index contributed by atoms with van der Waals surface area (Å²) in [6, 6.07) is 50.0. The van der Waals surface area contributed by atoms with Gasteiger partial charge in [-0.25, -0.2) is 0 Å². The van der Waals surface area contributed by atoms with E-state index < -0.39 is 30.4 Å². The first-order chi connectivity index (χ1) is 42.7. The van der Waals surface area contributed by atoms with Crippen LogP contribution in [-0.4, -0.2) is 98.9 Å². The number of fused-ring (bicyclic) bond motifs is 3. The zero-order valence-electron chi connectivity index (χ0n) is 47.0. The van der Waals surface area contributed by atoms with E-state index in [2.05, 4.69) is 121 Å². The molecule has 10 rings (SSSR count). The lowest BCUT2D eigenvalue weighted by molar-refractivity contribution is -0.385. The van der Waals surface area contributed by atoms with Gasteiger partial charge in [-0.05, 0) is 213 Å². The molecular formula is C56H50BBr4F3IN4O17S5. The Labute approximate surface area is 583 Å². The van der Waals surface area contributed by atoms with Crippen LogP contribution in [0.15, 0.2) is 196 Å². The maximum Gasteiger partial charge on any atom is 0.569 e. The van der Waals surface area contributed by atoms with E-state index in [0.717, 1.165) is 65.4 Å². The third kappa shape index (κ3) is 25.8. The van der Waals surface area contributed by atoms with Crippen molar-refractivity contribution < 1.29 is 76.2 Å². The zero-order valence-corrected chi connectivity index (χ0v) is 59.6. The number of nitrogens with zero attached hydrogens (tertiary/aromatic N) is 4. The molecule has 1 fully saturated rings. The number of benzene rings is 8. The second kappa shape index (κ2) is 41.4. The molecular weight excluding hydrogens is 1680 g/mol. The number of thiophene rings is 1. The molecule has 485 valence electrons. The minimum atomic E-state index is -5.84. The predicted octanol–water partition coefficient (Wildman–Crippen LogP) is 18.9. The molecule has 1 saturated heterocycles. The van der Waals surface area contributed by atoms with Crippen LogP contribution in [0.3, 0.4) is 0 Å². The molecule has 1 radical (unpaired) electrons. The third-order valence-electron chi connectivity index (χ3n) is 11.3. The van der Waals surface area contributed by atoms with Gasteiger partial charge in [0.15, 0.2) is 0 Å². The van der Waals surface area contributed by atoms with E-state index >= 15 is 0 Å². The minimum absolute atomic E-state index is 0. The molecule has 6 N–H and O–H groups in total. The van der Waals surface area contributed by atoms with Crippen molar-refractivity contribution in [1.82, 2.24) is 0 Å². The van der Waals surface area contributed by atoms with Crippen molar-refractivity contribution >= 4 is 194 Å². The average Bonchev–Trinajstić information content (AvgIpc) is 1.94. The quantitative estimate of drug-likeness (QED) is 0.0137. The van der Waals surface area contributed by atoms with Crippen LogP contribution in [-0.2, 0) is 14.9 Å². The van der Waals surface area contributed by atoms with Crippen LogP contribution in [0.1, 0.15) is 12.8 Å². The smallest absolute Gasteiger partial charge is 0.537 e. The minimum Gasteiger partial charge on any atom is -0.537 e. The summed E-state index contributed by atoms with van der Waals surface area (Å²) in [5.74, 6) is 0.319. The number of hydrogen-bond donors (Lipinski definition) is 4. The Hall–Kier alpha value is -5.36. The van der Waals surface area contributed by atoms with Crippen molar-refractivity contribution in [1.29, 1.82) is 0 Å². The summed E-state index contributed by atoms with van der Waals surface area (Å²) in [5.41, 5.74) is -1.20. The van der Waals surface area contributed by atoms with Crippen LogP contribution in [0.25, 0.3) is 42.4 Å². The molecule has 0 spiro atoms. The van der Waals surface area contributed by atoms with E-state index in [0.29, 0.717) is 31.3 Å². The highest BCUT2D eigenvalue weighted by Crippen LogP contribution is 2.42. The van der Waals surface area contributed by atoms with Gasteiger partial charge in [0.25, 0.3) is 22.7 Å². The first kappa shape index (κ1) is 81.7. The van der Waals surface area contributed by atoms with E-state index in [1.165, 1.54) is 51.6 Å². The maximum absolute atomic E-state index is 10.9. The zero-order chi connectivity index (χ0) is 67.3. The van der Waals surface area contributed by atoms with Crippen molar-refractivity contribution in [2.75, 3.05) is 32.0 Å². The molecule has 9 aromatic rings. The fraction of sp³-hybridized carbons (Fsp3) is 0.143. The van der Waals surface area contributed by atoms with Crippen molar-refractivity contribution in [3.63, 3.8) is 0 Å². The number of alkyl halides is 3. The van der Waals surface area contributed by atoms with Crippen LogP contribution in [0.4, 0.5) is 35.9 Å². The lowest BCUT2D eigenvalue weighted by Crippen LogP contribution is -2.21. The second-order valence-corrected chi connectivity index (χ2v) is 26.4. The van der Waals surface area contributed by atoms with Gasteiger partial charge in [-0.15, -0.1) is 46.6 Å². The predicted molar refractivity (Wildman–Crippen MR) is 377 cm³/mol. The average molecular weight is 1730 g/mol. The first-order valence-corrected chi connectivity index (χ1v) is 34.9. The van der Waals surface area contributed by atoms with E-state index in [-0.39, 0.29) is 33.1 Å². The van der Waals surface area contributed by atoms with Gasteiger partial charge in [-0.1, -0.05) is 66.7 Å². The first-order valence-electron chi connectivity index (χ1n) is 24.7. The lowest BCUT2D eigenvalue weighted by Gasteiger charge is -2.07. The molecule has 0 saturated carbocycles. The summed E-state index contributed by atoms with van der Waals surface area (Å²) >= 11 is 21.8. The summed E-state index contributed by atoms with van der Waals surface area (Å²) in [6.07, 6.45) is 8.68. The van der Waals surface area contributed by atoms with Gasteiger partial charge in [0, 0.05) is 71.2 Å². The highest BCUT2D eigenvalue weighted by Gasteiger charge is 2.44. The maximum atomic E-state index is 10.9. The van der Waals surface area contributed by atoms with Crippen LogP contribution in [0, 0.1) is 44.0 Å². The van der Waals surface area contributed by atoms with Crippen molar-refractivity contribution in [2.24, 2.45) is 0 Å². The molecule has 8 aromatic carbocycles. The number of nitro groups is 4. The standard InChI is InChI=1S/2C13H10BrNO2S.C12H6BrNO2S.C7H7IS.C6H4BBrNO4.C4H8O.CHF3O3S.H2O2.H2O/c2*1-18-13-5-3-2-4-10(13)9-6-7-12(15(16)17)11(14)8-9;13-11-9(14(15)16)6-5-8-7-3-1-2-4-10(7)17-12(8)11;1-9-7-5-3-2-4-6(7)8;8-5-3-4(13-7-10)1-2-6(5)9(11)12;1-2-4-5-3-1;2-1(3,4)8(5,6)7;1-2;/h2*2-8H,1H3;1-6H;2-5H,1H3;1-3,10H;1-4H2;(H,5,6,7);1-2H;1H2. The molecule has 0 unspecified atom stereocenters. The summed E-state index contributed by atoms with van der Waals surface area (Å²) in [6.45, 7) is 2.00. The number of halogens is 8. The number of rotatable bonds is 11. The van der Waals surface area contributed by atoms with Crippen LogP contribution in [0.2, 0.25) is 0 Å². The number of nitro benzene ring substituents is 4. The van der Waals surface area contributed by atoms with Gasteiger partial charge in [-0.2, -0.15) is 21.6 Å². The van der Waals surface area contributed by atoms with E-state index in [1.807, 2.05) is 91.4 Å². The van der Waals surface area contributed by atoms with Crippen LogP contribution >= 0.6 is 133 Å². The molecule has 0 bridgehead atoms. The Morgan fingerprint density at radius 1 is 0.582 bits per heavy atom. The van der Waals surface area contributed by atoms with Crippen LogP contribution < -0.4 is 4.65 Å². The molecule has 1 aliphatic heterocycles. The van der Waals surface area contributed by atoms with Gasteiger partial charge in [0.05, 0.1) is 37.8 Å². The summed E-state index contributed by atoms with van der Waals surface area (Å²) < 4.78 is 72.4. The highest BCUT2D eigenvalue weighted by molar-refractivity contribution is 14.1. The van der Waals surface area contributed by atoms with E-state index in [9.17, 15) is 53.6 Å². The molecule has 1 aliphatic rings. The topological polar surface area (TPSA) is 338 Å². The Kier molecular flexibility index (Phi) is 37.2. The summed E-state index contributed by atoms with van der Waals surface area (Å²) in [5, 5.41) is 65.3. The van der Waals surface area contributed by atoms with Crippen molar-refractivity contribution in [2.45, 2.75) is 33.0 Å². The Morgan fingerprint density at radius 2 is 0.967 bits per heavy atom. The van der Waals surface area contributed by atoms with E-state index in [1.54, 1.807) is 77.0 Å². The second-order valence-electron chi connectivity index (χ2n) is 16.8. The summed E-state index contributed by atoms with van der Waals surface area (Å²) in [4.78, 5) is 44.7. The van der Waals surface area contributed by atoms with Gasteiger partial charge in [-0.3, -0.25) is 55.5 Å². The fourth-order valence-electron chi connectivity index (χ4n) is 7.19. The van der Waals surface area contributed by atoms with Crippen molar-refractivity contribution in [3.05, 3.63) is 226 Å². The van der Waals surface area contributed by atoms with Gasteiger partial charge in [0.2, 0.25) is 0 Å². The molecule has 91 heavy (non-hydrogen) atoms. The molecule has 1 aromatic heterocycles. The molecule has 35 heteroatoms. The molecule has 0 amide bonds. The van der Waals surface area contributed by atoms with Crippen LogP contribution in [0.5, 0.6) is 5.75 Å². The van der Waals surface area contributed by atoms with Gasteiger partial charge >= 0.3 is 23.3 Å². The van der Waals surface area contributed by atoms with Gasteiger partial charge < -0.3 is 19.9 Å². The number of thioether (sulfide) groups is 3. The number of hydrogen-bond acceptors (Lipinski definition) is 19. The van der Waals surface area contributed by atoms with Crippen molar-refractivity contribution in [3.8, 4) is 28.0 Å². The molecule has 0 atom stereocenters. The SMILES string of the molecule is C1CCOC1.CSc1ccccc1-c1ccc([N+](=O)[O-])c(Br)c1.CSc1ccccc1-c1ccc([N+](=O)[O-])c(Br)c1.CSc1ccccc1I.O.O=S(=O)(O)C(F)(F)F.O=[N+]([O-])c1ccc(O[B]O)cc1Br.O=[N+]([O-])c1ccc2c(sc3ccccc32)c1Br.OO. The molecule has 0 aliphatic carbocycles. The third-order valence-corrected chi connectivity index (χ3v) is 19.7. The van der Waals surface area contributed by atoms with Gasteiger partial charge in [0.1, 0.15) is 10.2 Å². The molecule has 21 nitrogen and oxygen atoms in total. The largest absolute Gasteiger partial charge is 0.569 e. The fourth-order valence-corrected chi connectivity index (χ4v) is 13.4. The Morgan fingerprint density at radius 3 is 1.33 bits per heavy atom. The van der Waals surface area contributed by atoms with E-state index in [4.69, 9.17) is 33.2 Å².